The molecule has 1 aliphatic rings. The van der Waals surface area contributed by atoms with E-state index in [1.807, 2.05) is 17.5 Å². The lowest BCUT2D eigenvalue weighted by atomic mass is 10.1. The summed E-state index contributed by atoms with van der Waals surface area (Å²) >= 11 is 7.52. The van der Waals surface area contributed by atoms with Crippen molar-refractivity contribution in [2.45, 2.75) is 18.9 Å². The van der Waals surface area contributed by atoms with Gasteiger partial charge in [0.05, 0.1) is 38.7 Å². The lowest BCUT2D eigenvalue weighted by molar-refractivity contribution is 0.0698. The van der Waals surface area contributed by atoms with Gasteiger partial charge in [0.25, 0.3) is 5.91 Å². The van der Waals surface area contributed by atoms with Gasteiger partial charge in [0.2, 0.25) is 0 Å². The van der Waals surface area contributed by atoms with E-state index in [1.54, 1.807) is 35.1 Å². The maximum absolute atomic E-state index is 14.9. The number of amides is 1. The molecule has 5 rings (SSSR count). The summed E-state index contributed by atoms with van der Waals surface area (Å²) in [5, 5.41) is 13.6. The van der Waals surface area contributed by atoms with Gasteiger partial charge < -0.3 is 15.4 Å². The van der Waals surface area contributed by atoms with Crippen molar-refractivity contribution in [3.63, 3.8) is 0 Å². The number of aromatic nitrogens is 2. The average Bonchev–Trinajstić information content (AvgIpc) is 3.43. The van der Waals surface area contributed by atoms with Gasteiger partial charge in [-0.05, 0) is 37.1 Å². The number of hydrogen-bond acceptors (Lipinski definition) is 5. The van der Waals surface area contributed by atoms with Crippen molar-refractivity contribution in [3.05, 3.63) is 69.8 Å². The number of ether oxygens (including phenoxy) is 1. The molecule has 0 atom stereocenters. The Morgan fingerprint density at radius 2 is 2.00 bits per heavy atom. The molecule has 1 amide bonds. The number of halogens is 2. The topological polar surface area (TPSA) is 68.2 Å². The van der Waals surface area contributed by atoms with Gasteiger partial charge in [-0.3, -0.25) is 4.79 Å². The van der Waals surface area contributed by atoms with Crippen LogP contribution in [0.25, 0.3) is 16.6 Å². The van der Waals surface area contributed by atoms with Crippen LogP contribution in [-0.2, 0) is 4.74 Å². The van der Waals surface area contributed by atoms with Crippen LogP contribution in [0, 0.1) is 5.82 Å². The number of hydrogen-bond donors (Lipinski definition) is 2. The van der Waals surface area contributed by atoms with Crippen LogP contribution in [0.5, 0.6) is 0 Å². The average molecular weight is 471 g/mol. The summed E-state index contributed by atoms with van der Waals surface area (Å²) in [7, 11) is 0. The third-order valence-electron chi connectivity index (χ3n) is 5.41. The van der Waals surface area contributed by atoms with Gasteiger partial charge in [-0.1, -0.05) is 23.7 Å². The summed E-state index contributed by atoms with van der Waals surface area (Å²) < 4.78 is 21.9. The van der Waals surface area contributed by atoms with E-state index < -0.39 is 5.82 Å². The van der Waals surface area contributed by atoms with Gasteiger partial charge in [0.15, 0.2) is 0 Å². The Morgan fingerprint density at radius 3 is 2.81 bits per heavy atom. The zero-order chi connectivity index (χ0) is 22.1. The van der Waals surface area contributed by atoms with Crippen LogP contribution in [0.4, 0.5) is 15.8 Å². The van der Waals surface area contributed by atoms with E-state index >= 15 is 0 Å². The molecule has 164 valence electrons. The number of thiophene rings is 1. The molecule has 0 saturated carbocycles. The van der Waals surface area contributed by atoms with Crippen molar-refractivity contribution in [2.75, 3.05) is 18.5 Å². The molecule has 0 unspecified atom stereocenters. The number of para-hydroxylation sites is 1. The van der Waals surface area contributed by atoms with Crippen LogP contribution < -0.4 is 10.6 Å². The fourth-order valence-corrected chi connectivity index (χ4v) is 4.67. The van der Waals surface area contributed by atoms with E-state index in [9.17, 15) is 9.18 Å². The Kier molecular flexibility index (Phi) is 5.82. The van der Waals surface area contributed by atoms with Crippen molar-refractivity contribution in [1.29, 1.82) is 0 Å². The third-order valence-corrected chi connectivity index (χ3v) is 6.66. The number of carbonyl (C=O) groups excluding carboxylic acids is 1. The molecule has 9 heteroatoms. The number of fused-ring (bicyclic) bond motifs is 1. The molecule has 6 nitrogen and oxygen atoms in total. The van der Waals surface area contributed by atoms with E-state index in [4.69, 9.17) is 16.3 Å². The maximum Gasteiger partial charge on any atom is 0.261 e. The molecule has 4 aromatic rings. The first-order valence-electron chi connectivity index (χ1n) is 10.2. The smallest absolute Gasteiger partial charge is 0.261 e. The standard InChI is InChI=1S/C23H20ClFN4O2S/c24-17-3-1-2-4-19(17)28-20-9-14-12-26-29(21(14)11-18(20)25)16-10-22(32-13-16)23(30)27-15-5-7-31-8-6-15/h1-4,9-13,15,28H,5-8H2,(H,27,30). The first-order chi connectivity index (χ1) is 15.6. The molecule has 0 aliphatic carbocycles. The number of benzene rings is 2. The van der Waals surface area contributed by atoms with E-state index in [-0.39, 0.29) is 11.9 Å². The van der Waals surface area contributed by atoms with Crippen molar-refractivity contribution in [3.8, 4) is 5.69 Å². The van der Waals surface area contributed by atoms with Crippen LogP contribution in [0.2, 0.25) is 5.02 Å². The summed E-state index contributed by atoms with van der Waals surface area (Å²) in [6.45, 7) is 1.33. The summed E-state index contributed by atoms with van der Waals surface area (Å²) in [4.78, 5) is 13.2. The van der Waals surface area contributed by atoms with Crippen LogP contribution in [0.1, 0.15) is 22.5 Å². The second-order valence-corrected chi connectivity index (χ2v) is 8.90. The summed E-state index contributed by atoms with van der Waals surface area (Å²) in [5.41, 5.74) is 2.26. The van der Waals surface area contributed by atoms with E-state index in [0.29, 0.717) is 45.7 Å². The van der Waals surface area contributed by atoms with Gasteiger partial charge in [-0.25, -0.2) is 9.07 Å². The Balaban J connectivity index is 1.39. The summed E-state index contributed by atoms with van der Waals surface area (Å²) in [6.07, 6.45) is 3.31. The first-order valence-corrected chi connectivity index (χ1v) is 11.5. The zero-order valence-corrected chi connectivity index (χ0v) is 18.5. The number of nitrogens with one attached hydrogen (secondary N) is 2. The van der Waals surface area contributed by atoms with Crippen LogP contribution in [-0.4, -0.2) is 34.9 Å². The minimum Gasteiger partial charge on any atom is -0.381 e. The Hall–Kier alpha value is -2.94. The normalized spacial score (nSPS) is 14.6. The number of anilines is 2. The predicted octanol–water partition coefficient (Wildman–Crippen LogP) is 5.53. The Bertz CT molecular complexity index is 1280. The highest BCUT2D eigenvalue weighted by molar-refractivity contribution is 7.12. The maximum atomic E-state index is 14.9. The van der Waals surface area contributed by atoms with Crippen LogP contribution in [0.15, 0.2) is 54.0 Å². The van der Waals surface area contributed by atoms with E-state index in [0.717, 1.165) is 18.2 Å². The van der Waals surface area contributed by atoms with Gasteiger partial charge in [-0.2, -0.15) is 5.10 Å². The zero-order valence-electron chi connectivity index (χ0n) is 17.0. The number of nitrogens with zero attached hydrogens (tertiary/aromatic N) is 2. The molecular formula is C23H20ClFN4O2S. The SMILES string of the molecule is O=C(NC1CCOCC1)c1cc(-n2ncc3cc(Nc4ccccc4Cl)c(F)cc32)cs1. The van der Waals surface area contributed by atoms with Gasteiger partial charge in [0, 0.05) is 36.1 Å². The van der Waals surface area contributed by atoms with Crippen molar-refractivity contribution < 1.29 is 13.9 Å². The van der Waals surface area contributed by atoms with Gasteiger partial charge in [-0.15, -0.1) is 11.3 Å². The first kappa shape index (κ1) is 20.9. The molecule has 0 bridgehead atoms. The molecule has 1 fully saturated rings. The molecule has 3 heterocycles. The fourth-order valence-electron chi connectivity index (χ4n) is 3.71. The monoisotopic (exact) mass is 470 g/mol. The van der Waals surface area contributed by atoms with Crippen molar-refractivity contribution in [1.82, 2.24) is 15.1 Å². The predicted molar refractivity (Wildman–Crippen MR) is 125 cm³/mol. The molecule has 2 aromatic carbocycles. The van der Waals surface area contributed by atoms with Crippen molar-refractivity contribution in [2.24, 2.45) is 0 Å². The molecule has 0 spiro atoms. The highest BCUT2D eigenvalue weighted by atomic mass is 35.5. The van der Waals surface area contributed by atoms with Gasteiger partial charge >= 0.3 is 0 Å². The lowest BCUT2D eigenvalue weighted by Gasteiger charge is -2.22. The van der Waals surface area contributed by atoms with Gasteiger partial charge in [0.1, 0.15) is 5.82 Å². The van der Waals surface area contributed by atoms with Crippen LogP contribution in [0.3, 0.4) is 0 Å². The second kappa shape index (κ2) is 8.90. The summed E-state index contributed by atoms with van der Waals surface area (Å²) in [5.74, 6) is -0.533. The largest absolute Gasteiger partial charge is 0.381 e. The highest BCUT2D eigenvalue weighted by Crippen LogP contribution is 2.31. The fraction of sp³-hybridized carbons (Fsp3) is 0.217. The Morgan fingerprint density at radius 1 is 1.19 bits per heavy atom. The molecule has 1 saturated heterocycles. The van der Waals surface area contributed by atoms with E-state index in [2.05, 4.69) is 15.7 Å². The number of carbonyl (C=O) groups is 1. The van der Waals surface area contributed by atoms with Crippen LogP contribution >= 0.6 is 22.9 Å². The number of rotatable bonds is 5. The quantitative estimate of drug-likeness (QED) is 0.402. The third kappa shape index (κ3) is 4.21. The minimum atomic E-state index is -0.424. The molecule has 1 aliphatic heterocycles. The second-order valence-electron chi connectivity index (χ2n) is 7.58. The Labute approximate surface area is 193 Å². The summed E-state index contributed by atoms with van der Waals surface area (Å²) in [6, 6.07) is 12.2. The lowest BCUT2D eigenvalue weighted by Crippen LogP contribution is -2.38. The molecule has 32 heavy (non-hydrogen) atoms. The molecular weight excluding hydrogens is 451 g/mol. The minimum absolute atomic E-state index is 0.109. The highest BCUT2D eigenvalue weighted by Gasteiger charge is 2.19. The molecule has 0 radical (unpaired) electrons. The van der Waals surface area contributed by atoms with Crippen molar-refractivity contribution >= 4 is 51.1 Å². The van der Waals surface area contributed by atoms with E-state index in [1.165, 1.54) is 17.4 Å². The molecule has 2 N–H and O–H groups in total. The molecule has 2 aromatic heterocycles.